The Bertz CT molecular complexity index is 1010. The number of guanidine groups is 1. The lowest BCUT2D eigenvalue weighted by Gasteiger charge is -2.32. The van der Waals surface area contributed by atoms with E-state index in [4.69, 9.17) is 9.72 Å². The molecule has 2 N–H and O–H groups in total. The normalized spacial score (nSPS) is 19.1. The molecule has 1 saturated heterocycles. The van der Waals surface area contributed by atoms with E-state index < -0.39 is 0 Å². The molecule has 2 unspecified atom stereocenters. The minimum atomic E-state index is 0. The number of para-hydroxylation sites is 2. The van der Waals surface area contributed by atoms with Crippen LogP contribution in [0.1, 0.15) is 35.9 Å². The number of benzene rings is 2. The zero-order valence-corrected chi connectivity index (χ0v) is 20.8. The van der Waals surface area contributed by atoms with E-state index in [9.17, 15) is 0 Å². The summed E-state index contributed by atoms with van der Waals surface area (Å²) in [6.45, 7) is 4.38. The Morgan fingerprint density at radius 1 is 1.16 bits per heavy atom. The van der Waals surface area contributed by atoms with Crippen molar-refractivity contribution in [2.24, 2.45) is 18.0 Å². The third-order valence-electron chi connectivity index (χ3n) is 5.90. The van der Waals surface area contributed by atoms with E-state index in [-0.39, 0.29) is 30.1 Å². The van der Waals surface area contributed by atoms with Gasteiger partial charge in [0, 0.05) is 33.2 Å². The van der Waals surface area contributed by atoms with Crippen molar-refractivity contribution in [2.75, 3.05) is 20.2 Å². The van der Waals surface area contributed by atoms with Gasteiger partial charge >= 0.3 is 0 Å². The first-order valence-corrected chi connectivity index (χ1v) is 10.7. The number of aliphatic imine (C=N–C) groups is 1. The zero-order chi connectivity index (χ0) is 20.9. The number of hydrogen-bond donors (Lipinski definition) is 2. The number of hydrogen-bond acceptors (Lipinski definition) is 3. The van der Waals surface area contributed by atoms with Gasteiger partial charge in [-0.3, -0.25) is 4.99 Å². The fourth-order valence-corrected chi connectivity index (χ4v) is 4.14. The van der Waals surface area contributed by atoms with Gasteiger partial charge in [0.05, 0.1) is 23.7 Å². The van der Waals surface area contributed by atoms with E-state index >= 15 is 0 Å². The molecule has 0 aliphatic carbocycles. The predicted molar refractivity (Wildman–Crippen MR) is 137 cm³/mol. The molecule has 0 bridgehead atoms. The molecule has 3 aromatic rings. The summed E-state index contributed by atoms with van der Waals surface area (Å²) in [6, 6.07) is 16.9. The Balaban J connectivity index is 0.00000272. The summed E-state index contributed by atoms with van der Waals surface area (Å²) in [5.41, 5.74) is 4.68. The molecule has 0 saturated carbocycles. The number of ether oxygens (including phenoxy) is 1. The molecule has 2 heterocycles. The molecule has 166 valence electrons. The summed E-state index contributed by atoms with van der Waals surface area (Å²) in [5, 5.41) is 6.90. The highest BCUT2D eigenvalue weighted by Gasteiger charge is 2.27. The van der Waals surface area contributed by atoms with Gasteiger partial charge in [0.15, 0.2) is 5.96 Å². The standard InChI is InChI=1S/C24H31N5O.HI/c1-17-10-12-18(13-11-17)23-19(7-6-14-30-23)15-26-24(25-2)27-16-22-28-20-8-4-5-9-21(20)29(22)3;/h4-5,8-13,19,23H,6-7,14-16H2,1-3H3,(H2,25,26,27);1H. The fraction of sp³-hybridized carbons (Fsp3) is 0.417. The monoisotopic (exact) mass is 533 g/mol. The molecule has 1 aromatic heterocycles. The highest BCUT2D eigenvalue weighted by molar-refractivity contribution is 14.0. The quantitative estimate of drug-likeness (QED) is 0.291. The molecule has 2 atom stereocenters. The van der Waals surface area contributed by atoms with E-state index in [0.29, 0.717) is 12.5 Å². The van der Waals surface area contributed by atoms with Crippen LogP contribution in [-0.2, 0) is 18.3 Å². The molecule has 1 aliphatic heterocycles. The lowest BCUT2D eigenvalue weighted by atomic mass is 9.89. The Morgan fingerprint density at radius 2 is 1.94 bits per heavy atom. The Labute approximate surface area is 201 Å². The number of halogens is 1. The molecule has 4 rings (SSSR count). The molecular formula is C24H32IN5O. The van der Waals surface area contributed by atoms with Crippen molar-refractivity contribution in [3.63, 3.8) is 0 Å². The summed E-state index contributed by atoms with van der Waals surface area (Å²) in [7, 11) is 3.85. The zero-order valence-electron chi connectivity index (χ0n) is 18.5. The third kappa shape index (κ3) is 5.57. The molecule has 2 aromatic carbocycles. The van der Waals surface area contributed by atoms with Gasteiger partial charge < -0.3 is 19.9 Å². The van der Waals surface area contributed by atoms with Crippen molar-refractivity contribution in [3.8, 4) is 0 Å². The van der Waals surface area contributed by atoms with E-state index in [1.54, 1.807) is 7.05 Å². The van der Waals surface area contributed by atoms with Crippen LogP contribution < -0.4 is 10.6 Å². The first-order valence-electron chi connectivity index (χ1n) is 10.7. The van der Waals surface area contributed by atoms with Gasteiger partial charge in [-0.15, -0.1) is 24.0 Å². The summed E-state index contributed by atoms with van der Waals surface area (Å²) in [5.74, 6) is 2.18. The topological polar surface area (TPSA) is 63.5 Å². The number of nitrogens with zero attached hydrogens (tertiary/aromatic N) is 3. The largest absolute Gasteiger partial charge is 0.373 e. The van der Waals surface area contributed by atoms with Gasteiger partial charge in [-0.1, -0.05) is 42.0 Å². The van der Waals surface area contributed by atoms with Crippen molar-refractivity contribution in [2.45, 2.75) is 32.4 Å². The number of nitrogens with one attached hydrogen (secondary N) is 2. The summed E-state index contributed by atoms with van der Waals surface area (Å²) < 4.78 is 8.27. The average Bonchev–Trinajstić information content (AvgIpc) is 3.10. The molecule has 0 amide bonds. The molecular weight excluding hydrogens is 501 g/mol. The van der Waals surface area contributed by atoms with Gasteiger partial charge in [0.2, 0.25) is 0 Å². The summed E-state index contributed by atoms with van der Waals surface area (Å²) >= 11 is 0. The van der Waals surface area contributed by atoms with Crippen LogP contribution >= 0.6 is 24.0 Å². The highest BCUT2D eigenvalue weighted by Crippen LogP contribution is 2.33. The highest BCUT2D eigenvalue weighted by atomic mass is 127. The maximum atomic E-state index is 6.15. The maximum absolute atomic E-state index is 6.15. The Kier molecular flexibility index (Phi) is 8.31. The molecule has 1 aliphatic rings. The molecule has 7 heteroatoms. The van der Waals surface area contributed by atoms with Crippen LogP contribution in [0.25, 0.3) is 11.0 Å². The Hall–Kier alpha value is -2.13. The van der Waals surface area contributed by atoms with Gasteiger partial charge in [-0.05, 0) is 37.5 Å². The van der Waals surface area contributed by atoms with Crippen LogP contribution in [0.3, 0.4) is 0 Å². The van der Waals surface area contributed by atoms with Crippen molar-refractivity contribution in [1.82, 2.24) is 20.2 Å². The molecule has 31 heavy (non-hydrogen) atoms. The third-order valence-corrected chi connectivity index (χ3v) is 5.90. The Morgan fingerprint density at radius 3 is 2.68 bits per heavy atom. The van der Waals surface area contributed by atoms with Crippen LogP contribution in [0, 0.1) is 12.8 Å². The lowest BCUT2D eigenvalue weighted by Crippen LogP contribution is -2.41. The van der Waals surface area contributed by atoms with Crippen LogP contribution in [0.15, 0.2) is 53.5 Å². The number of aromatic nitrogens is 2. The molecule has 0 radical (unpaired) electrons. The maximum Gasteiger partial charge on any atom is 0.191 e. The SMILES string of the molecule is CN=C(NCc1nc2ccccc2n1C)NCC1CCCOC1c1ccc(C)cc1.I. The second-order valence-corrected chi connectivity index (χ2v) is 7.99. The van der Waals surface area contributed by atoms with Crippen LogP contribution in [0.2, 0.25) is 0 Å². The molecule has 0 spiro atoms. The van der Waals surface area contributed by atoms with Crippen LogP contribution in [0.4, 0.5) is 0 Å². The van der Waals surface area contributed by atoms with Gasteiger partial charge in [-0.25, -0.2) is 4.98 Å². The summed E-state index contributed by atoms with van der Waals surface area (Å²) in [4.78, 5) is 9.12. The van der Waals surface area contributed by atoms with E-state index in [0.717, 1.165) is 48.8 Å². The number of imidazole rings is 1. The number of rotatable bonds is 5. The molecule has 6 nitrogen and oxygen atoms in total. The predicted octanol–water partition coefficient (Wildman–Crippen LogP) is 4.33. The second-order valence-electron chi connectivity index (χ2n) is 7.99. The van der Waals surface area contributed by atoms with Crippen molar-refractivity contribution < 1.29 is 4.74 Å². The van der Waals surface area contributed by atoms with Gasteiger partial charge in [0.1, 0.15) is 5.82 Å². The average molecular weight is 533 g/mol. The van der Waals surface area contributed by atoms with Crippen molar-refractivity contribution in [1.29, 1.82) is 0 Å². The fourth-order valence-electron chi connectivity index (χ4n) is 4.14. The van der Waals surface area contributed by atoms with Gasteiger partial charge in [0.25, 0.3) is 0 Å². The number of aryl methyl sites for hydroxylation is 2. The van der Waals surface area contributed by atoms with Crippen LogP contribution in [0.5, 0.6) is 0 Å². The van der Waals surface area contributed by atoms with Crippen LogP contribution in [-0.4, -0.2) is 35.7 Å². The summed E-state index contributed by atoms with van der Waals surface area (Å²) in [6.07, 6.45) is 2.37. The van der Waals surface area contributed by atoms with E-state index in [1.807, 2.05) is 25.2 Å². The first kappa shape index (κ1) is 23.5. The van der Waals surface area contributed by atoms with E-state index in [2.05, 4.69) is 57.4 Å². The van der Waals surface area contributed by atoms with Gasteiger partial charge in [-0.2, -0.15) is 0 Å². The van der Waals surface area contributed by atoms with E-state index in [1.165, 1.54) is 11.1 Å². The smallest absolute Gasteiger partial charge is 0.191 e. The molecule has 1 fully saturated rings. The first-order chi connectivity index (χ1) is 14.7. The second kappa shape index (κ2) is 10.9. The number of fused-ring (bicyclic) bond motifs is 1. The lowest BCUT2D eigenvalue weighted by molar-refractivity contribution is -0.0265. The minimum Gasteiger partial charge on any atom is -0.373 e. The van der Waals surface area contributed by atoms with Crippen molar-refractivity contribution in [3.05, 3.63) is 65.5 Å². The van der Waals surface area contributed by atoms with Crippen molar-refractivity contribution >= 4 is 41.0 Å². The minimum absolute atomic E-state index is 0.